The number of hydrogen-bond acceptors (Lipinski definition) is 14. The molecule has 19 heteroatoms. The second-order valence-corrected chi connectivity index (χ2v) is 18.1. The number of nitrogens with zero attached hydrogens (tertiary/aromatic N) is 3. The lowest BCUT2D eigenvalue weighted by Crippen LogP contribution is -2.56. The van der Waals surface area contributed by atoms with E-state index in [9.17, 15) is 29.2 Å². The van der Waals surface area contributed by atoms with Crippen LogP contribution in [-0.2, 0) is 32.1 Å². The fourth-order valence-corrected chi connectivity index (χ4v) is 8.99. The quantitative estimate of drug-likeness (QED) is 0.0466. The van der Waals surface area contributed by atoms with E-state index in [0.29, 0.717) is 76.6 Å². The summed E-state index contributed by atoms with van der Waals surface area (Å²) in [6.07, 6.45) is 6.90. The number of aromatic nitrogens is 1. The number of amides is 5. The fraction of sp³-hybridized carbons (Fsp3) is 0.453. The van der Waals surface area contributed by atoms with Crippen LogP contribution in [0.5, 0.6) is 17.2 Å². The number of carbonyl (C=O) groups excluding carboxylic acids is 5. The Bertz CT molecular complexity index is 2580. The standard InChI is InChI=1S/C53H69N11O8/c1-32-47(37(31-58)30-43(60-32)35-12-15-39(16-13-35)72-38-9-5-4-6-10-38)51(67)62-42(19-22-56)53(69)64(3)48-36-14-18-46(71-26-8-21-55)41(29-36)40-27-34(11-17-45(40)70-25-7-20-54)28-44(50(66)59-24-23-57)63-49(65)33(2)61-52(48)68/h11-18,27,29-30,33,38,42,44,48H,4-10,19-22,24-26,28,31,54-56,58H2,1-3H3,(H,59,66)(H,61,68)(H,62,67)(H,63,65)/t33-,42-,44-,48-/m0/s1. The highest BCUT2D eigenvalue weighted by Crippen LogP contribution is 2.40. The van der Waals surface area contributed by atoms with E-state index in [-0.39, 0.29) is 57.4 Å². The van der Waals surface area contributed by atoms with Crippen molar-refractivity contribution in [2.45, 2.75) is 108 Å². The SMILES string of the molecule is Cc1nc(-c2ccc(OC3CCCCC3)cc2)cc(CN)c1C(=O)N[C@@H](CCN)C(=O)N(C)[C@@H]1C(=O)N[C@@H](C)C(=O)N[C@H](C(=O)NCC#N)Cc2ccc(OCCCN)c(c2)-c2cc1ccc2OCCCN. The van der Waals surface area contributed by atoms with Crippen LogP contribution in [0.25, 0.3) is 22.4 Å². The molecule has 1 aromatic heterocycles. The van der Waals surface area contributed by atoms with Crippen molar-refractivity contribution < 1.29 is 38.2 Å². The summed E-state index contributed by atoms with van der Waals surface area (Å²) in [5.41, 5.74) is 28.5. The molecule has 2 heterocycles. The van der Waals surface area contributed by atoms with Crippen molar-refractivity contribution >= 4 is 29.5 Å². The molecule has 3 aromatic carbocycles. The van der Waals surface area contributed by atoms with Crippen LogP contribution in [0.15, 0.2) is 66.7 Å². The molecule has 0 unspecified atom stereocenters. The molecule has 0 saturated heterocycles. The fourth-order valence-electron chi connectivity index (χ4n) is 8.99. The lowest BCUT2D eigenvalue weighted by atomic mass is 9.93. The molecule has 4 atom stereocenters. The van der Waals surface area contributed by atoms with Gasteiger partial charge in [0.25, 0.3) is 5.91 Å². The summed E-state index contributed by atoms with van der Waals surface area (Å²) < 4.78 is 18.8. The summed E-state index contributed by atoms with van der Waals surface area (Å²) in [6, 6.07) is 16.6. The molecule has 1 fully saturated rings. The molecule has 1 aliphatic heterocycles. The number of fused-ring (bicyclic) bond motifs is 5. The number of rotatable bonds is 20. The van der Waals surface area contributed by atoms with Crippen LogP contribution in [-0.4, -0.2) is 110 Å². The Morgan fingerprint density at radius 1 is 0.861 bits per heavy atom. The lowest BCUT2D eigenvalue weighted by Gasteiger charge is -2.32. The van der Waals surface area contributed by atoms with Crippen molar-refractivity contribution in [3.63, 3.8) is 0 Å². The first-order valence-corrected chi connectivity index (χ1v) is 24.7. The Labute approximate surface area is 421 Å². The van der Waals surface area contributed by atoms with Gasteiger partial charge in [-0.05, 0) is 150 Å². The summed E-state index contributed by atoms with van der Waals surface area (Å²) in [5, 5.41) is 20.1. The minimum absolute atomic E-state index is 0.00632. The molecule has 72 heavy (non-hydrogen) atoms. The average molecular weight is 988 g/mol. The minimum atomic E-state index is -1.41. The first-order chi connectivity index (χ1) is 34.8. The van der Waals surface area contributed by atoms with Crippen LogP contribution in [0.2, 0.25) is 0 Å². The van der Waals surface area contributed by atoms with E-state index in [1.54, 1.807) is 49.4 Å². The molecule has 19 nitrogen and oxygen atoms in total. The van der Waals surface area contributed by atoms with E-state index in [2.05, 4.69) is 21.3 Å². The highest BCUT2D eigenvalue weighted by molar-refractivity contribution is 6.01. The number of ether oxygens (including phenoxy) is 3. The van der Waals surface area contributed by atoms with Gasteiger partial charge >= 0.3 is 0 Å². The average Bonchev–Trinajstić information content (AvgIpc) is 3.38. The maximum Gasteiger partial charge on any atom is 0.254 e. The van der Waals surface area contributed by atoms with Gasteiger partial charge in [-0.1, -0.05) is 18.6 Å². The minimum Gasteiger partial charge on any atom is -0.493 e. The Hall–Kier alpha value is -7.11. The Kier molecular flexibility index (Phi) is 19.9. The van der Waals surface area contributed by atoms with E-state index in [1.165, 1.54) is 25.3 Å². The number of hydrogen-bond donors (Lipinski definition) is 8. The molecule has 0 radical (unpaired) electrons. The van der Waals surface area contributed by atoms with Gasteiger partial charge in [0.15, 0.2) is 0 Å². The third-order valence-electron chi connectivity index (χ3n) is 12.8. The highest BCUT2D eigenvalue weighted by atomic mass is 16.5. The predicted molar refractivity (Wildman–Crippen MR) is 272 cm³/mol. The van der Waals surface area contributed by atoms with E-state index in [0.717, 1.165) is 37.0 Å². The summed E-state index contributed by atoms with van der Waals surface area (Å²) in [6.45, 7) is 4.10. The monoisotopic (exact) mass is 988 g/mol. The van der Waals surface area contributed by atoms with Gasteiger partial charge in [-0.25, -0.2) is 0 Å². The largest absolute Gasteiger partial charge is 0.493 e. The van der Waals surface area contributed by atoms with E-state index in [4.69, 9.17) is 42.1 Å². The second-order valence-electron chi connectivity index (χ2n) is 18.1. The van der Waals surface area contributed by atoms with Gasteiger partial charge < -0.3 is 63.3 Å². The topological polar surface area (TPSA) is 305 Å². The van der Waals surface area contributed by atoms with Gasteiger partial charge in [-0.3, -0.25) is 29.0 Å². The van der Waals surface area contributed by atoms with E-state index < -0.39 is 53.7 Å². The third kappa shape index (κ3) is 13.8. The van der Waals surface area contributed by atoms with E-state index in [1.807, 2.05) is 30.3 Å². The van der Waals surface area contributed by atoms with Gasteiger partial charge in [0.1, 0.15) is 48.0 Å². The molecule has 0 spiro atoms. The molecule has 6 rings (SSSR count). The van der Waals surface area contributed by atoms with Crippen molar-refractivity contribution in [1.82, 2.24) is 31.2 Å². The maximum absolute atomic E-state index is 14.9. The Morgan fingerprint density at radius 2 is 1.53 bits per heavy atom. The normalized spacial score (nSPS) is 17.5. The number of nitriles is 1. The Morgan fingerprint density at radius 3 is 2.17 bits per heavy atom. The third-order valence-corrected chi connectivity index (χ3v) is 12.8. The van der Waals surface area contributed by atoms with Crippen LogP contribution in [0.1, 0.15) is 97.1 Å². The van der Waals surface area contributed by atoms with Gasteiger partial charge in [0, 0.05) is 36.7 Å². The number of aryl methyl sites for hydroxylation is 1. The molecule has 384 valence electrons. The van der Waals surface area contributed by atoms with Crippen LogP contribution < -0.4 is 58.4 Å². The van der Waals surface area contributed by atoms with Crippen LogP contribution in [0, 0.1) is 18.3 Å². The molecular weight excluding hydrogens is 919 g/mol. The number of carbonyl (C=O) groups is 5. The molecule has 1 saturated carbocycles. The summed E-state index contributed by atoms with van der Waals surface area (Å²) >= 11 is 0. The van der Waals surface area contributed by atoms with Gasteiger partial charge in [0.05, 0.1) is 42.3 Å². The lowest BCUT2D eigenvalue weighted by molar-refractivity contribution is -0.141. The molecule has 12 N–H and O–H groups in total. The van der Waals surface area contributed by atoms with Crippen molar-refractivity contribution in [3.8, 4) is 45.7 Å². The highest BCUT2D eigenvalue weighted by Gasteiger charge is 2.36. The number of likely N-dealkylation sites (N-methyl/N-ethyl adjacent to an activating group) is 1. The zero-order valence-electron chi connectivity index (χ0n) is 41.5. The maximum atomic E-state index is 14.9. The summed E-state index contributed by atoms with van der Waals surface area (Å²) in [5.74, 6) is -1.70. The summed E-state index contributed by atoms with van der Waals surface area (Å²) in [7, 11) is 1.43. The molecule has 1 aliphatic carbocycles. The van der Waals surface area contributed by atoms with Gasteiger partial charge in [-0.15, -0.1) is 0 Å². The van der Waals surface area contributed by atoms with Gasteiger partial charge in [0.2, 0.25) is 23.6 Å². The van der Waals surface area contributed by atoms with Crippen LogP contribution in [0.4, 0.5) is 0 Å². The number of nitrogens with one attached hydrogen (secondary N) is 4. The van der Waals surface area contributed by atoms with Crippen molar-refractivity contribution in [3.05, 3.63) is 94.7 Å². The van der Waals surface area contributed by atoms with Crippen LogP contribution >= 0.6 is 0 Å². The second kappa shape index (κ2) is 26.4. The van der Waals surface area contributed by atoms with Crippen LogP contribution in [0.3, 0.4) is 0 Å². The number of benzene rings is 3. The molecule has 4 aromatic rings. The predicted octanol–water partition coefficient (Wildman–Crippen LogP) is 3.18. The van der Waals surface area contributed by atoms with Crippen molar-refractivity contribution in [2.75, 3.05) is 46.4 Å². The zero-order chi connectivity index (χ0) is 51.7. The first-order valence-electron chi connectivity index (χ1n) is 24.7. The first kappa shape index (κ1) is 54.2. The van der Waals surface area contributed by atoms with Crippen molar-refractivity contribution in [1.29, 1.82) is 5.26 Å². The smallest absolute Gasteiger partial charge is 0.254 e. The molecule has 4 bridgehead atoms. The zero-order valence-corrected chi connectivity index (χ0v) is 41.5. The number of pyridine rings is 1. The van der Waals surface area contributed by atoms with E-state index >= 15 is 0 Å². The Balaban J connectivity index is 1.36. The van der Waals surface area contributed by atoms with Crippen molar-refractivity contribution in [2.24, 2.45) is 22.9 Å². The number of nitrogens with two attached hydrogens (primary N) is 4. The molecule has 2 aliphatic rings. The van der Waals surface area contributed by atoms with Gasteiger partial charge in [-0.2, -0.15) is 5.26 Å². The molecular formula is C53H69N11O8. The molecule has 5 amide bonds. The summed E-state index contributed by atoms with van der Waals surface area (Å²) in [4.78, 5) is 77.3.